The molecule has 0 unspecified atom stereocenters. The molecule has 0 heterocycles. The molecule has 2 aliphatic carbocycles. The van der Waals surface area contributed by atoms with Crippen molar-refractivity contribution in [3.8, 4) is 0 Å². The SMILES string of the molecule is NC1CCC(N(Cc2ccc(NC(=O)C3CCCC3)cc2)C(=O)c2cccc(F)c2)CC1. The van der Waals surface area contributed by atoms with E-state index in [1.165, 1.54) is 12.1 Å². The van der Waals surface area contributed by atoms with Gasteiger partial charge in [-0.3, -0.25) is 9.59 Å². The van der Waals surface area contributed by atoms with Crippen molar-refractivity contribution in [3.05, 3.63) is 65.5 Å². The van der Waals surface area contributed by atoms with Crippen LogP contribution >= 0.6 is 0 Å². The predicted molar refractivity (Wildman–Crippen MR) is 124 cm³/mol. The highest BCUT2D eigenvalue weighted by molar-refractivity contribution is 5.94. The monoisotopic (exact) mass is 437 g/mol. The maximum Gasteiger partial charge on any atom is 0.254 e. The van der Waals surface area contributed by atoms with Crippen LogP contribution in [0.15, 0.2) is 48.5 Å². The first-order valence-corrected chi connectivity index (χ1v) is 11.7. The van der Waals surface area contributed by atoms with Gasteiger partial charge in [0, 0.05) is 35.8 Å². The van der Waals surface area contributed by atoms with Gasteiger partial charge in [-0.15, -0.1) is 0 Å². The second-order valence-corrected chi connectivity index (χ2v) is 9.18. The van der Waals surface area contributed by atoms with Gasteiger partial charge in [0.2, 0.25) is 5.91 Å². The molecule has 2 aliphatic rings. The van der Waals surface area contributed by atoms with Gasteiger partial charge in [0.15, 0.2) is 0 Å². The van der Waals surface area contributed by atoms with Gasteiger partial charge in [-0.2, -0.15) is 0 Å². The number of carbonyl (C=O) groups is 2. The Kier molecular flexibility index (Phi) is 7.20. The van der Waals surface area contributed by atoms with Crippen molar-refractivity contribution in [2.24, 2.45) is 11.7 Å². The van der Waals surface area contributed by atoms with Crippen LogP contribution in [0.1, 0.15) is 67.3 Å². The minimum atomic E-state index is -0.413. The average Bonchev–Trinajstić information content (AvgIpc) is 3.34. The number of carbonyl (C=O) groups excluding carboxylic acids is 2. The van der Waals surface area contributed by atoms with Gasteiger partial charge in [0.1, 0.15) is 5.82 Å². The number of halogens is 1. The molecule has 170 valence electrons. The molecule has 32 heavy (non-hydrogen) atoms. The van der Waals surface area contributed by atoms with E-state index in [4.69, 9.17) is 5.73 Å². The van der Waals surface area contributed by atoms with E-state index < -0.39 is 5.82 Å². The number of rotatable bonds is 6. The third-order valence-electron chi connectivity index (χ3n) is 6.81. The highest BCUT2D eigenvalue weighted by atomic mass is 19.1. The third kappa shape index (κ3) is 5.54. The van der Waals surface area contributed by atoms with Gasteiger partial charge < -0.3 is 16.0 Å². The molecule has 0 atom stereocenters. The first-order chi connectivity index (χ1) is 15.5. The Morgan fingerprint density at radius 3 is 2.31 bits per heavy atom. The number of hydrogen-bond acceptors (Lipinski definition) is 3. The lowest BCUT2D eigenvalue weighted by molar-refractivity contribution is -0.119. The molecule has 4 rings (SSSR count). The number of nitrogens with one attached hydrogen (secondary N) is 1. The largest absolute Gasteiger partial charge is 0.331 e. The van der Waals surface area contributed by atoms with Gasteiger partial charge in [0.25, 0.3) is 5.91 Å². The van der Waals surface area contributed by atoms with E-state index in [0.29, 0.717) is 12.1 Å². The number of hydrogen-bond donors (Lipinski definition) is 2. The summed E-state index contributed by atoms with van der Waals surface area (Å²) in [5.41, 5.74) is 8.18. The van der Waals surface area contributed by atoms with Gasteiger partial charge in [-0.05, 0) is 74.4 Å². The number of nitrogens with zero attached hydrogens (tertiary/aromatic N) is 1. The number of anilines is 1. The Hall–Kier alpha value is -2.73. The van der Waals surface area contributed by atoms with Crippen LogP contribution in [0, 0.1) is 11.7 Å². The molecule has 0 aliphatic heterocycles. The van der Waals surface area contributed by atoms with Crippen molar-refractivity contribution in [2.75, 3.05) is 5.32 Å². The van der Waals surface area contributed by atoms with Crippen LogP contribution in [-0.4, -0.2) is 28.8 Å². The molecule has 0 saturated heterocycles. The number of benzene rings is 2. The molecule has 2 aromatic carbocycles. The van der Waals surface area contributed by atoms with E-state index in [9.17, 15) is 14.0 Å². The molecule has 2 saturated carbocycles. The van der Waals surface area contributed by atoms with Gasteiger partial charge in [-0.25, -0.2) is 4.39 Å². The molecule has 2 amide bonds. The molecule has 0 aromatic heterocycles. The Morgan fingerprint density at radius 1 is 0.969 bits per heavy atom. The van der Waals surface area contributed by atoms with E-state index >= 15 is 0 Å². The normalized spacial score (nSPS) is 21.3. The first kappa shape index (κ1) is 22.5. The van der Waals surface area contributed by atoms with E-state index in [1.54, 1.807) is 12.1 Å². The summed E-state index contributed by atoms with van der Waals surface area (Å²) in [5.74, 6) is -0.365. The Balaban J connectivity index is 1.47. The fraction of sp³-hybridized carbons (Fsp3) is 0.462. The summed E-state index contributed by atoms with van der Waals surface area (Å²) < 4.78 is 13.8. The predicted octanol–water partition coefficient (Wildman–Crippen LogP) is 4.87. The van der Waals surface area contributed by atoms with Crippen molar-refractivity contribution in [2.45, 2.75) is 70.0 Å². The Morgan fingerprint density at radius 2 is 1.66 bits per heavy atom. The van der Waals surface area contributed by atoms with Crippen LogP contribution in [0.5, 0.6) is 0 Å². The maximum absolute atomic E-state index is 13.8. The molecule has 3 N–H and O–H groups in total. The van der Waals surface area contributed by atoms with Crippen LogP contribution in [0.4, 0.5) is 10.1 Å². The summed E-state index contributed by atoms with van der Waals surface area (Å²) in [7, 11) is 0. The zero-order valence-corrected chi connectivity index (χ0v) is 18.4. The summed E-state index contributed by atoms with van der Waals surface area (Å²) in [5, 5.41) is 3.01. The van der Waals surface area contributed by atoms with Gasteiger partial charge >= 0.3 is 0 Å². The average molecular weight is 438 g/mol. The van der Waals surface area contributed by atoms with Crippen molar-refractivity contribution in [1.82, 2.24) is 4.90 Å². The van der Waals surface area contributed by atoms with Crippen LogP contribution < -0.4 is 11.1 Å². The quantitative estimate of drug-likeness (QED) is 0.677. The maximum atomic E-state index is 13.8. The smallest absolute Gasteiger partial charge is 0.254 e. The second kappa shape index (κ2) is 10.3. The van der Waals surface area contributed by atoms with Gasteiger partial charge in [-0.1, -0.05) is 31.0 Å². The molecule has 5 nitrogen and oxygen atoms in total. The highest BCUT2D eigenvalue weighted by Crippen LogP contribution is 2.27. The molecule has 0 spiro atoms. The fourth-order valence-corrected chi connectivity index (χ4v) is 4.89. The van der Waals surface area contributed by atoms with E-state index in [0.717, 1.165) is 62.6 Å². The summed E-state index contributed by atoms with van der Waals surface area (Å²) in [6.45, 7) is 0.437. The van der Waals surface area contributed by atoms with E-state index in [-0.39, 0.29) is 29.8 Å². The minimum Gasteiger partial charge on any atom is -0.331 e. The lowest BCUT2D eigenvalue weighted by Crippen LogP contribution is -2.43. The molecule has 0 radical (unpaired) electrons. The van der Waals surface area contributed by atoms with Crippen molar-refractivity contribution >= 4 is 17.5 Å². The standard InChI is InChI=1S/C26H32FN3O2/c27-21-7-3-6-20(16-21)26(32)30(24-14-10-22(28)11-15-24)17-18-8-12-23(13-9-18)29-25(31)19-4-1-2-5-19/h3,6-9,12-13,16,19,22,24H,1-2,4-5,10-11,14-15,17,28H2,(H,29,31). The number of amides is 2. The molecule has 2 aromatic rings. The second-order valence-electron chi connectivity index (χ2n) is 9.18. The van der Waals surface area contributed by atoms with Crippen LogP contribution in [-0.2, 0) is 11.3 Å². The zero-order valence-electron chi connectivity index (χ0n) is 18.4. The number of nitrogens with two attached hydrogens (primary N) is 1. The molecule has 6 heteroatoms. The van der Waals surface area contributed by atoms with Crippen molar-refractivity contribution < 1.29 is 14.0 Å². The summed E-state index contributed by atoms with van der Waals surface area (Å²) in [4.78, 5) is 27.5. The molecular weight excluding hydrogens is 405 g/mol. The topological polar surface area (TPSA) is 75.4 Å². The van der Waals surface area contributed by atoms with E-state index in [1.807, 2.05) is 29.2 Å². The van der Waals surface area contributed by atoms with Gasteiger partial charge in [0.05, 0.1) is 0 Å². The summed E-state index contributed by atoms with van der Waals surface area (Å²) in [6.07, 6.45) is 7.62. The molecule has 2 fully saturated rings. The van der Waals surface area contributed by atoms with Crippen LogP contribution in [0.25, 0.3) is 0 Å². The van der Waals surface area contributed by atoms with Crippen molar-refractivity contribution in [1.29, 1.82) is 0 Å². The van der Waals surface area contributed by atoms with Crippen LogP contribution in [0.3, 0.4) is 0 Å². The summed E-state index contributed by atoms with van der Waals surface area (Å²) in [6, 6.07) is 13.8. The van der Waals surface area contributed by atoms with Crippen LogP contribution in [0.2, 0.25) is 0 Å². The lowest BCUT2D eigenvalue weighted by Gasteiger charge is -2.36. The first-order valence-electron chi connectivity index (χ1n) is 11.7. The highest BCUT2D eigenvalue weighted by Gasteiger charge is 2.29. The summed E-state index contributed by atoms with van der Waals surface area (Å²) >= 11 is 0. The fourth-order valence-electron chi connectivity index (χ4n) is 4.89. The Labute approximate surface area is 189 Å². The molecular formula is C26H32FN3O2. The van der Waals surface area contributed by atoms with Crippen molar-refractivity contribution in [3.63, 3.8) is 0 Å². The Bertz CT molecular complexity index is 932. The minimum absolute atomic E-state index is 0.0762. The zero-order chi connectivity index (χ0) is 22.5. The molecule has 0 bridgehead atoms. The third-order valence-corrected chi connectivity index (χ3v) is 6.81. The lowest BCUT2D eigenvalue weighted by atomic mass is 9.90. The van der Waals surface area contributed by atoms with E-state index in [2.05, 4.69) is 5.32 Å².